The first-order valence-corrected chi connectivity index (χ1v) is 8.21. The van der Waals surface area contributed by atoms with Crippen molar-refractivity contribution in [2.24, 2.45) is 0 Å². The van der Waals surface area contributed by atoms with Crippen LogP contribution in [0, 0.1) is 0 Å². The Morgan fingerprint density at radius 2 is 1.81 bits per heavy atom. The fraction of sp³-hybridized carbons (Fsp3) is 0.0556. The van der Waals surface area contributed by atoms with Crippen molar-refractivity contribution in [1.29, 1.82) is 0 Å². The molecule has 26 heavy (non-hydrogen) atoms. The molecule has 0 aromatic heterocycles. The number of ether oxygens (including phenoxy) is 1. The van der Waals surface area contributed by atoms with Gasteiger partial charge in [0, 0.05) is 17.0 Å². The summed E-state index contributed by atoms with van der Waals surface area (Å²) in [7, 11) is 0. The van der Waals surface area contributed by atoms with Gasteiger partial charge in [-0.3, -0.25) is 19.8 Å². The smallest absolute Gasteiger partial charge is 0.308 e. The highest BCUT2D eigenvalue weighted by Crippen LogP contribution is 2.28. The predicted molar refractivity (Wildman–Crippen MR) is 97.8 cm³/mol. The van der Waals surface area contributed by atoms with Crippen LogP contribution in [0.4, 0.5) is 5.69 Å². The van der Waals surface area contributed by atoms with Gasteiger partial charge in [0.05, 0.1) is 5.69 Å². The SMILES string of the molecule is CC(=O)Oc1cccc(/C=C2\C(=O)NN(c3cc(Cl)cc(Cl)c3)C2=O)c1. The van der Waals surface area contributed by atoms with E-state index in [4.69, 9.17) is 27.9 Å². The van der Waals surface area contributed by atoms with E-state index < -0.39 is 17.8 Å². The second-order valence-electron chi connectivity index (χ2n) is 5.43. The summed E-state index contributed by atoms with van der Waals surface area (Å²) in [4.78, 5) is 35.9. The first kappa shape index (κ1) is 18.0. The number of carbonyl (C=O) groups is 3. The second kappa shape index (κ2) is 7.19. The van der Waals surface area contributed by atoms with Gasteiger partial charge in [-0.25, -0.2) is 5.01 Å². The van der Waals surface area contributed by atoms with Crippen LogP contribution in [-0.4, -0.2) is 17.8 Å². The van der Waals surface area contributed by atoms with Crippen LogP contribution in [-0.2, 0) is 14.4 Å². The normalized spacial score (nSPS) is 15.3. The Hall–Kier alpha value is -2.83. The van der Waals surface area contributed by atoms with Crippen LogP contribution in [0.25, 0.3) is 6.08 Å². The molecule has 1 fully saturated rings. The summed E-state index contributed by atoms with van der Waals surface area (Å²) in [6.45, 7) is 1.28. The highest BCUT2D eigenvalue weighted by molar-refractivity contribution is 6.36. The number of esters is 1. The van der Waals surface area contributed by atoms with Crippen LogP contribution in [0.15, 0.2) is 48.0 Å². The number of hydrogen-bond acceptors (Lipinski definition) is 4. The van der Waals surface area contributed by atoms with Crippen molar-refractivity contribution in [3.63, 3.8) is 0 Å². The summed E-state index contributed by atoms with van der Waals surface area (Å²) >= 11 is 11.9. The van der Waals surface area contributed by atoms with Crippen molar-refractivity contribution in [2.45, 2.75) is 6.92 Å². The maximum Gasteiger partial charge on any atom is 0.308 e. The first-order valence-electron chi connectivity index (χ1n) is 7.45. The monoisotopic (exact) mass is 390 g/mol. The van der Waals surface area contributed by atoms with Crippen molar-refractivity contribution in [3.8, 4) is 5.75 Å². The van der Waals surface area contributed by atoms with Gasteiger partial charge in [-0.15, -0.1) is 0 Å². The van der Waals surface area contributed by atoms with Crippen molar-refractivity contribution < 1.29 is 19.1 Å². The maximum atomic E-state index is 12.6. The first-order chi connectivity index (χ1) is 12.3. The van der Waals surface area contributed by atoms with E-state index in [-0.39, 0.29) is 5.57 Å². The molecule has 2 aromatic carbocycles. The van der Waals surface area contributed by atoms with E-state index in [1.165, 1.54) is 31.2 Å². The molecule has 132 valence electrons. The molecular formula is C18H12Cl2N2O4. The lowest BCUT2D eigenvalue weighted by atomic mass is 10.1. The third kappa shape index (κ3) is 3.87. The minimum Gasteiger partial charge on any atom is -0.427 e. The summed E-state index contributed by atoms with van der Waals surface area (Å²) in [5.74, 6) is -1.26. The van der Waals surface area contributed by atoms with Crippen molar-refractivity contribution in [1.82, 2.24) is 5.43 Å². The molecule has 0 radical (unpaired) electrons. The van der Waals surface area contributed by atoms with Gasteiger partial charge in [0.25, 0.3) is 11.8 Å². The van der Waals surface area contributed by atoms with Gasteiger partial charge < -0.3 is 4.74 Å². The Morgan fingerprint density at radius 3 is 2.46 bits per heavy atom. The average molecular weight is 391 g/mol. The van der Waals surface area contributed by atoms with E-state index in [1.807, 2.05) is 0 Å². The van der Waals surface area contributed by atoms with Crippen LogP contribution in [0.2, 0.25) is 10.0 Å². The molecule has 0 aliphatic carbocycles. The number of halogens is 2. The lowest BCUT2D eigenvalue weighted by molar-refractivity contribution is -0.132. The van der Waals surface area contributed by atoms with Crippen molar-refractivity contribution in [2.75, 3.05) is 5.01 Å². The van der Waals surface area contributed by atoms with E-state index in [9.17, 15) is 14.4 Å². The maximum absolute atomic E-state index is 12.6. The number of amides is 2. The third-order valence-electron chi connectivity index (χ3n) is 3.43. The van der Waals surface area contributed by atoms with E-state index in [0.717, 1.165) is 5.01 Å². The Morgan fingerprint density at radius 1 is 1.12 bits per heavy atom. The second-order valence-corrected chi connectivity index (χ2v) is 6.31. The van der Waals surface area contributed by atoms with Crippen LogP contribution >= 0.6 is 23.2 Å². The molecule has 0 saturated carbocycles. The number of benzene rings is 2. The minimum absolute atomic E-state index is 0.0685. The molecule has 1 heterocycles. The molecule has 0 unspecified atom stereocenters. The molecule has 1 saturated heterocycles. The number of nitrogens with zero attached hydrogens (tertiary/aromatic N) is 1. The Bertz CT molecular complexity index is 936. The van der Waals surface area contributed by atoms with E-state index in [0.29, 0.717) is 27.0 Å². The molecule has 2 amide bonds. The molecule has 6 nitrogen and oxygen atoms in total. The Balaban J connectivity index is 1.92. The predicted octanol–water partition coefficient (Wildman–Crippen LogP) is 3.38. The lowest BCUT2D eigenvalue weighted by Crippen LogP contribution is -2.35. The number of anilines is 1. The molecule has 1 aliphatic rings. The number of carbonyl (C=O) groups excluding carboxylic acids is 3. The van der Waals surface area contributed by atoms with Crippen LogP contribution in [0.1, 0.15) is 12.5 Å². The van der Waals surface area contributed by atoms with Gasteiger partial charge in [-0.2, -0.15) is 0 Å². The molecule has 1 N–H and O–H groups in total. The van der Waals surface area contributed by atoms with E-state index in [1.54, 1.807) is 24.3 Å². The van der Waals surface area contributed by atoms with E-state index in [2.05, 4.69) is 5.43 Å². The molecule has 0 bridgehead atoms. The molecule has 3 rings (SSSR count). The number of rotatable bonds is 3. The van der Waals surface area contributed by atoms with Crippen molar-refractivity contribution >= 4 is 52.7 Å². The summed E-state index contributed by atoms with van der Waals surface area (Å²) in [6.07, 6.45) is 1.41. The summed E-state index contributed by atoms with van der Waals surface area (Å²) in [6, 6.07) is 11.0. The quantitative estimate of drug-likeness (QED) is 0.377. The number of nitrogens with one attached hydrogen (secondary N) is 1. The highest BCUT2D eigenvalue weighted by atomic mass is 35.5. The van der Waals surface area contributed by atoms with Gasteiger partial charge in [-0.05, 0) is 42.0 Å². The minimum atomic E-state index is -0.566. The molecular weight excluding hydrogens is 379 g/mol. The van der Waals surface area contributed by atoms with Gasteiger partial charge in [0.1, 0.15) is 11.3 Å². The molecule has 1 aliphatic heterocycles. The number of hydrogen-bond donors (Lipinski definition) is 1. The molecule has 8 heteroatoms. The molecule has 0 spiro atoms. The zero-order valence-corrected chi connectivity index (χ0v) is 15.0. The standard InChI is InChI=1S/C18H12Cl2N2O4/c1-10(23)26-15-4-2-3-11(5-15)6-16-17(24)21-22(18(16)25)14-8-12(19)7-13(20)9-14/h2-9H,1H3,(H,21,24)/b16-6+. The van der Waals surface area contributed by atoms with Gasteiger partial charge in [0.15, 0.2) is 0 Å². The Kier molecular flexibility index (Phi) is 4.97. The molecule has 2 aromatic rings. The highest BCUT2D eigenvalue weighted by Gasteiger charge is 2.34. The zero-order chi connectivity index (χ0) is 18.8. The Labute approximate surface area is 158 Å². The van der Waals surface area contributed by atoms with Gasteiger partial charge in [-0.1, -0.05) is 35.3 Å². The zero-order valence-electron chi connectivity index (χ0n) is 13.5. The van der Waals surface area contributed by atoms with E-state index >= 15 is 0 Å². The summed E-state index contributed by atoms with van der Waals surface area (Å²) in [5.41, 5.74) is 3.28. The van der Waals surface area contributed by atoms with Crippen LogP contribution in [0.5, 0.6) is 5.75 Å². The number of hydrazine groups is 1. The topological polar surface area (TPSA) is 75.7 Å². The van der Waals surface area contributed by atoms with Crippen LogP contribution < -0.4 is 15.2 Å². The van der Waals surface area contributed by atoms with Crippen LogP contribution in [0.3, 0.4) is 0 Å². The third-order valence-corrected chi connectivity index (χ3v) is 3.86. The largest absolute Gasteiger partial charge is 0.427 e. The summed E-state index contributed by atoms with van der Waals surface area (Å²) < 4.78 is 5.00. The average Bonchev–Trinajstić information content (AvgIpc) is 2.82. The lowest BCUT2D eigenvalue weighted by Gasteiger charge is -2.15. The van der Waals surface area contributed by atoms with Crippen molar-refractivity contribution in [3.05, 3.63) is 63.6 Å². The molecule has 0 atom stereocenters. The summed E-state index contributed by atoms with van der Waals surface area (Å²) in [5, 5.41) is 1.74. The van der Waals surface area contributed by atoms with Gasteiger partial charge in [0.2, 0.25) is 0 Å². The fourth-order valence-electron chi connectivity index (χ4n) is 2.41. The fourth-order valence-corrected chi connectivity index (χ4v) is 2.92. The van der Waals surface area contributed by atoms with Gasteiger partial charge >= 0.3 is 5.97 Å².